The first-order valence-electron chi connectivity index (χ1n) is 6.74. The molecule has 2 amide bonds. The number of hydrogen-bond acceptors (Lipinski definition) is 2. The third-order valence-electron chi connectivity index (χ3n) is 3.48. The average molecular weight is 256 g/mol. The number of nitrogens with zero attached hydrogens (tertiary/aromatic N) is 1. The number of likely N-dealkylation sites (tertiary alicyclic amines) is 1. The standard InChI is InChI=1S/C13H24N2O3/c1-4-5-10-6-7-15(8-10)13(18)14-11(9(2)3)12(16)17/h9-11H,4-8H2,1-3H3,(H,14,18)(H,16,17). The Morgan fingerprint density at radius 2 is 2.11 bits per heavy atom. The summed E-state index contributed by atoms with van der Waals surface area (Å²) < 4.78 is 0. The molecule has 1 fully saturated rings. The van der Waals surface area contributed by atoms with Crippen molar-refractivity contribution in [1.29, 1.82) is 0 Å². The minimum Gasteiger partial charge on any atom is -0.480 e. The minimum absolute atomic E-state index is 0.111. The van der Waals surface area contributed by atoms with Gasteiger partial charge in [-0.15, -0.1) is 0 Å². The maximum Gasteiger partial charge on any atom is 0.326 e. The molecule has 1 saturated heterocycles. The van der Waals surface area contributed by atoms with Gasteiger partial charge in [-0.1, -0.05) is 27.2 Å². The highest BCUT2D eigenvalue weighted by molar-refractivity contribution is 5.82. The lowest BCUT2D eigenvalue weighted by atomic mass is 10.0. The maximum absolute atomic E-state index is 12.0. The van der Waals surface area contributed by atoms with Gasteiger partial charge in [-0.2, -0.15) is 0 Å². The third kappa shape index (κ3) is 3.89. The van der Waals surface area contributed by atoms with Gasteiger partial charge in [0.1, 0.15) is 6.04 Å². The topological polar surface area (TPSA) is 69.6 Å². The van der Waals surface area contributed by atoms with Gasteiger partial charge in [0, 0.05) is 13.1 Å². The highest BCUT2D eigenvalue weighted by Gasteiger charge is 2.29. The summed E-state index contributed by atoms with van der Waals surface area (Å²) in [6.45, 7) is 7.22. The van der Waals surface area contributed by atoms with Gasteiger partial charge >= 0.3 is 12.0 Å². The molecule has 0 saturated carbocycles. The molecule has 0 radical (unpaired) electrons. The largest absolute Gasteiger partial charge is 0.480 e. The van der Waals surface area contributed by atoms with Crippen LogP contribution in [0.1, 0.15) is 40.0 Å². The van der Waals surface area contributed by atoms with Crippen LogP contribution in [0.25, 0.3) is 0 Å². The Bertz CT molecular complexity index is 305. The summed E-state index contributed by atoms with van der Waals surface area (Å²) in [6.07, 6.45) is 3.29. The summed E-state index contributed by atoms with van der Waals surface area (Å²) >= 11 is 0. The first kappa shape index (κ1) is 14.8. The lowest BCUT2D eigenvalue weighted by Crippen LogP contribution is -2.49. The van der Waals surface area contributed by atoms with E-state index in [9.17, 15) is 9.59 Å². The normalized spacial score (nSPS) is 21.1. The number of carboxylic acid groups (broad SMARTS) is 1. The van der Waals surface area contributed by atoms with Gasteiger partial charge in [-0.25, -0.2) is 9.59 Å². The van der Waals surface area contributed by atoms with Crippen LogP contribution in [0.2, 0.25) is 0 Å². The predicted molar refractivity (Wildman–Crippen MR) is 69.4 cm³/mol. The lowest BCUT2D eigenvalue weighted by molar-refractivity contribution is -0.140. The Balaban J connectivity index is 2.48. The molecule has 5 heteroatoms. The van der Waals surface area contributed by atoms with Crippen LogP contribution >= 0.6 is 0 Å². The second-order valence-corrected chi connectivity index (χ2v) is 5.40. The molecule has 0 aromatic rings. The molecule has 2 atom stereocenters. The van der Waals surface area contributed by atoms with E-state index in [1.807, 2.05) is 0 Å². The molecular weight excluding hydrogens is 232 g/mol. The van der Waals surface area contributed by atoms with Crippen LogP contribution in [0.5, 0.6) is 0 Å². The molecule has 2 N–H and O–H groups in total. The number of urea groups is 1. The van der Waals surface area contributed by atoms with Crippen molar-refractivity contribution in [3.05, 3.63) is 0 Å². The highest BCUT2D eigenvalue weighted by atomic mass is 16.4. The zero-order valence-electron chi connectivity index (χ0n) is 11.5. The number of hydrogen-bond donors (Lipinski definition) is 2. The quantitative estimate of drug-likeness (QED) is 0.789. The van der Waals surface area contributed by atoms with Gasteiger partial charge in [0.15, 0.2) is 0 Å². The molecule has 18 heavy (non-hydrogen) atoms. The maximum atomic E-state index is 12.0. The molecule has 0 aromatic heterocycles. The molecule has 1 aliphatic rings. The molecule has 5 nitrogen and oxygen atoms in total. The second-order valence-electron chi connectivity index (χ2n) is 5.40. The van der Waals surface area contributed by atoms with E-state index in [0.29, 0.717) is 5.92 Å². The third-order valence-corrected chi connectivity index (χ3v) is 3.48. The van der Waals surface area contributed by atoms with E-state index in [1.54, 1.807) is 18.7 Å². The monoisotopic (exact) mass is 256 g/mol. The molecule has 1 heterocycles. The van der Waals surface area contributed by atoms with E-state index in [4.69, 9.17) is 5.11 Å². The van der Waals surface area contributed by atoms with E-state index in [2.05, 4.69) is 12.2 Å². The summed E-state index contributed by atoms with van der Waals surface area (Å²) in [6, 6.07) is -1.04. The van der Waals surface area contributed by atoms with Crippen LogP contribution in [-0.2, 0) is 4.79 Å². The molecule has 0 bridgehead atoms. The number of carboxylic acids is 1. The Morgan fingerprint density at radius 3 is 2.61 bits per heavy atom. The highest BCUT2D eigenvalue weighted by Crippen LogP contribution is 2.20. The van der Waals surface area contributed by atoms with Crippen molar-refractivity contribution in [2.75, 3.05) is 13.1 Å². The zero-order valence-corrected chi connectivity index (χ0v) is 11.5. The fraction of sp³-hybridized carbons (Fsp3) is 0.846. The Hall–Kier alpha value is -1.26. The van der Waals surface area contributed by atoms with Crippen molar-refractivity contribution in [1.82, 2.24) is 10.2 Å². The first-order chi connectivity index (χ1) is 8.45. The number of carbonyl (C=O) groups excluding carboxylic acids is 1. The van der Waals surface area contributed by atoms with E-state index in [1.165, 1.54) is 0 Å². The summed E-state index contributed by atoms with van der Waals surface area (Å²) in [4.78, 5) is 24.7. The smallest absolute Gasteiger partial charge is 0.326 e. The Labute approximate surface area is 109 Å². The number of rotatable bonds is 5. The van der Waals surface area contributed by atoms with Crippen molar-refractivity contribution < 1.29 is 14.7 Å². The number of nitrogens with one attached hydrogen (secondary N) is 1. The molecule has 0 spiro atoms. The second kappa shape index (κ2) is 6.61. The van der Waals surface area contributed by atoms with Gasteiger partial charge in [0.05, 0.1) is 0 Å². The fourth-order valence-electron chi connectivity index (χ4n) is 2.40. The van der Waals surface area contributed by atoms with Crippen LogP contribution in [0.3, 0.4) is 0 Å². The van der Waals surface area contributed by atoms with E-state index >= 15 is 0 Å². The molecule has 0 aromatic carbocycles. The van der Waals surface area contributed by atoms with E-state index in [0.717, 1.165) is 32.4 Å². The van der Waals surface area contributed by atoms with Crippen molar-refractivity contribution in [3.63, 3.8) is 0 Å². The minimum atomic E-state index is -0.970. The van der Waals surface area contributed by atoms with Crippen LogP contribution in [0.15, 0.2) is 0 Å². The van der Waals surface area contributed by atoms with Gasteiger partial charge in [-0.3, -0.25) is 0 Å². The van der Waals surface area contributed by atoms with Gasteiger partial charge < -0.3 is 15.3 Å². The molecule has 1 aliphatic heterocycles. The number of aliphatic carboxylic acids is 1. The van der Waals surface area contributed by atoms with Crippen LogP contribution in [0.4, 0.5) is 4.79 Å². The lowest BCUT2D eigenvalue weighted by Gasteiger charge is -2.23. The average Bonchev–Trinajstić information content (AvgIpc) is 2.73. The van der Waals surface area contributed by atoms with Crippen LogP contribution < -0.4 is 5.32 Å². The number of amides is 2. The molecule has 1 rings (SSSR count). The first-order valence-corrected chi connectivity index (χ1v) is 6.74. The summed E-state index contributed by atoms with van der Waals surface area (Å²) in [5, 5.41) is 11.6. The predicted octanol–water partition coefficient (Wildman–Crippen LogP) is 1.93. The summed E-state index contributed by atoms with van der Waals surface area (Å²) in [5.74, 6) is -0.508. The van der Waals surface area contributed by atoms with E-state index in [-0.39, 0.29) is 11.9 Å². The molecule has 0 aliphatic carbocycles. The molecule has 2 unspecified atom stereocenters. The van der Waals surface area contributed by atoms with Crippen molar-refractivity contribution in [2.24, 2.45) is 11.8 Å². The van der Waals surface area contributed by atoms with Crippen molar-refractivity contribution >= 4 is 12.0 Å². The summed E-state index contributed by atoms with van der Waals surface area (Å²) in [5.41, 5.74) is 0. The van der Waals surface area contributed by atoms with Gasteiger partial charge in [0.25, 0.3) is 0 Å². The Kier molecular flexibility index (Phi) is 5.44. The fourth-order valence-corrected chi connectivity index (χ4v) is 2.40. The van der Waals surface area contributed by atoms with Gasteiger partial charge in [-0.05, 0) is 24.7 Å². The van der Waals surface area contributed by atoms with Gasteiger partial charge in [0.2, 0.25) is 0 Å². The van der Waals surface area contributed by atoms with E-state index < -0.39 is 12.0 Å². The number of carbonyl (C=O) groups is 2. The van der Waals surface area contributed by atoms with Crippen molar-refractivity contribution in [2.45, 2.75) is 46.1 Å². The molecular formula is C13H24N2O3. The van der Waals surface area contributed by atoms with Crippen LogP contribution in [0, 0.1) is 11.8 Å². The van der Waals surface area contributed by atoms with Crippen molar-refractivity contribution in [3.8, 4) is 0 Å². The zero-order chi connectivity index (χ0) is 13.7. The van der Waals surface area contributed by atoms with Crippen LogP contribution in [-0.4, -0.2) is 41.1 Å². The summed E-state index contributed by atoms with van der Waals surface area (Å²) in [7, 11) is 0. The Morgan fingerprint density at radius 1 is 1.44 bits per heavy atom. The SMILES string of the molecule is CCCC1CCN(C(=O)NC(C(=O)O)C(C)C)C1. The molecule has 104 valence electrons.